The Hall–Kier alpha value is -1.28. The number of nitrogens with two attached hydrogens (primary N) is 1. The van der Waals surface area contributed by atoms with E-state index < -0.39 is 18.0 Å². The van der Waals surface area contributed by atoms with Crippen LogP contribution in [-0.2, 0) is 14.4 Å². The molecule has 0 aromatic heterocycles. The van der Waals surface area contributed by atoms with Gasteiger partial charge >= 0.3 is 0 Å². The maximum Gasteiger partial charge on any atom is 0.246 e. The molecule has 0 spiro atoms. The Balaban J connectivity index is 1.66. The van der Waals surface area contributed by atoms with Gasteiger partial charge in [0.25, 0.3) is 0 Å². The molecule has 3 amide bonds. The minimum absolute atomic E-state index is 0.0211. The number of primary amides is 1. The smallest absolute Gasteiger partial charge is 0.246 e. The molecule has 3 saturated heterocycles. The van der Waals surface area contributed by atoms with Crippen LogP contribution in [0.1, 0.15) is 25.7 Å². The molecular weight excluding hydrogens is 292 g/mol. The van der Waals surface area contributed by atoms with Crippen molar-refractivity contribution in [3.05, 3.63) is 0 Å². The molecule has 7 nitrogen and oxygen atoms in total. The summed E-state index contributed by atoms with van der Waals surface area (Å²) < 4.78 is 0. The van der Waals surface area contributed by atoms with Crippen molar-refractivity contribution in [1.29, 1.82) is 0 Å². The fourth-order valence-corrected chi connectivity index (χ4v) is 4.67. The lowest BCUT2D eigenvalue weighted by Crippen LogP contribution is -2.59. The first-order valence-electron chi connectivity index (χ1n) is 7.35. The molecule has 3 aliphatic heterocycles. The molecule has 3 fully saturated rings. The van der Waals surface area contributed by atoms with Crippen molar-refractivity contribution < 1.29 is 14.4 Å². The predicted molar refractivity (Wildman–Crippen MR) is 78.3 cm³/mol. The van der Waals surface area contributed by atoms with E-state index in [9.17, 15) is 14.4 Å². The van der Waals surface area contributed by atoms with Crippen LogP contribution in [0.15, 0.2) is 0 Å². The normalized spacial score (nSPS) is 35.6. The number of hydrogen-bond donors (Lipinski definition) is 3. The highest BCUT2D eigenvalue weighted by atomic mass is 32.2. The van der Waals surface area contributed by atoms with Gasteiger partial charge in [-0.05, 0) is 32.2 Å². The molecule has 0 aliphatic carbocycles. The molecule has 0 aromatic carbocycles. The minimum Gasteiger partial charge on any atom is -0.368 e. The first-order chi connectivity index (χ1) is 10.1. The summed E-state index contributed by atoms with van der Waals surface area (Å²) in [5, 5.41) is 5.97. The molecule has 116 valence electrons. The molecule has 0 saturated carbocycles. The van der Waals surface area contributed by atoms with Gasteiger partial charge < -0.3 is 21.3 Å². The third-order valence-electron chi connectivity index (χ3n) is 4.37. The Morgan fingerprint density at radius 1 is 1.33 bits per heavy atom. The number of nitrogens with zero attached hydrogens (tertiary/aromatic N) is 1. The van der Waals surface area contributed by atoms with Crippen LogP contribution in [0.3, 0.4) is 0 Å². The van der Waals surface area contributed by atoms with E-state index in [-0.39, 0.29) is 23.2 Å². The van der Waals surface area contributed by atoms with Crippen molar-refractivity contribution in [3.8, 4) is 0 Å². The number of amides is 3. The second-order valence-corrected chi connectivity index (χ2v) is 6.95. The Bertz CT molecular complexity index is 466. The monoisotopic (exact) mass is 312 g/mol. The van der Waals surface area contributed by atoms with Gasteiger partial charge in [0.2, 0.25) is 17.7 Å². The van der Waals surface area contributed by atoms with Crippen molar-refractivity contribution >= 4 is 29.5 Å². The van der Waals surface area contributed by atoms with Gasteiger partial charge in [-0.3, -0.25) is 14.4 Å². The zero-order valence-corrected chi connectivity index (χ0v) is 12.5. The van der Waals surface area contributed by atoms with E-state index in [0.717, 1.165) is 25.8 Å². The Morgan fingerprint density at radius 2 is 2.14 bits per heavy atom. The van der Waals surface area contributed by atoms with Crippen LogP contribution >= 0.6 is 11.8 Å². The molecule has 3 heterocycles. The SMILES string of the molecule is NC(=O)[C@H]1CS[C@@H]2CC[C@@H](NC(=O)[C@@H]3CCCN3)C(=O)N12. The maximum absolute atomic E-state index is 12.5. The maximum atomic E-state index is 12.5. The zero-order chi connectivity index (χ0) is 15.0. The molecule has 21 heavy (non-hydrogen) atoms. The van der Waals surface area contributed by atoms with Crippen molar-refractivity contribution in [2.75, 3.05) is 12.3 Å². The lowest BCUT2D eigenvalue weighted by Gasteiger charge is -2.36. The molecule has 0 radical (unpaired) electrons. The van der Waals surface area contributed by atoms with Gasteiger partial charge in [-0.15, -0.1) is 11.8 Å². The lowest BCUT2D eigenvalue weighted by molar-refractivity contribution is -0.144. The first-order valence-corrected chi connectivity index (χ1v) is 8.39. The third-order valence-corrected chi connectivity index (χ3v) is 5.72. The largest absolute Gasteiger partial charge is 0.368 e. The van der Waals surface area contributed by atoms with Crippen LogP contribution in [0.4, 0.5) is 0 Å². The van der Waals surface area contributed by atoms with Gasteiger partial charge in [-0.25, -0.2) is 0 Å². The van der Waals surface area contributed by atoms with Crippen molar-refractivity contribution in [2.24, 2.45) is 5.73 Å². The average Bonchev–Trinajstić information content (AvgIpc) is 3.10. The molecule has 3 aliphatic rings. The summed E-state index contributed by atoms with van der Waals surface area (Å²) in [6, 6.07) is -1.27. The molecule has 0 aromatic rings. The van der Waals surface area contributed by atoms with Crippen LogP contribution in [0.2, 0.25) is 0 Å². The van der Waals surface area contributed by atoms with Crippen LogP contribution in [-0.4, -0.2) is 58.4 Å². The molecular formula is C13H20N4O3S. The summed E-state index contributed by atoms with van der Waals surface area (Å²) in [7, 11) is 0. The summed E-state index contributed by atoms with van der Waals surface area (Å²) in [6.07, 6.45) is 3.18. The van der Waals surface area contributed by atoms with Crippen molar-refractivity contribution in [2.45, 2.75) is 49.2 Å². The number of piperidine rings is 1. The minimum atomic E-state index is -0.545. The van der Waals surface area contributed by atoms with Gasteiger partial charge in [0.15, 0.2) is 0 Å². The second-order valence-electron chi connectivity index (χ2n) is 5.74. The summed E-state index contributed by atoms with van der Waals surface area (Å²) in [4.78, 5) is 37.7. The molecule has 8 heteroatoms. The molecule has 0 bridgehead atoms. The van der Waals surface area contributed by atoms with Gasteiger partial charge in [-0.2, -0.15) is 0 Å². The quantitative estimate of drug-likeness (QED) is 0.605. The zero-order valence-electron chi connectivity index (χ0n) is 11.7. The fourth-order valence-electron chi connectivity index (χ4n) is 3.23. The lowest BCUT2D eigenvalue weighted by atomic mass is 10.0. The van der Waals surface area contributed by atoms with Crippen LogP contribution in [0.25, 0.3) is 0 Å². The van der Waals surface area contributed by atoms with E-state index in [2.05, 4.69) is 10.6 Å². The average molecular weight is 312 g/mol. The van der Waals surface area contributed by atoms with Crippen molar-refractivity contribution in [3.63, 3.8) is 0 Å². The van der Waals surface area contributed by atoms with E-state index in [1.54, 1.807) is 16.7 Å². The molecule has 4 N–H and O–H groups in total. The number of rotatable bonds is 3. The van der Waals surface area contributed by atoms with E-state index >= 15 is 0 Å². The van der Waals surface area contributed by atoms with Crippen LogP contribution in [0.5, 0.6) is 0 Å². The highest BCUT2D eigenvalue weighted by Gasteiger charge is 2.46. The first kappa shape index (κ1) is 14.6. The highest BCUT2D eigenvalue weighted by molar-refractivity contribution is 8.00. The van der Waals surface area contributed by atoms with Crippen molar-refractivity contribution in [1.82, 2.24) is 15.5 Å². The number of nitrogens with one attached hydrogen (secondary N) is 2. The second kappa shape index (κ2) is 5.84. The van der Waals surface area contributed by atoms with Gasteiger partial charge in [0.05, 0.1) is 11.4 Å². The summed E-state index contributed by atoms with van der Waals surface area (Å²) in [6.45, 7) is 0.839. The van der Waals surface area contributed by atoms with Gasteiger partial charge in [0.1, 0.15) is 12.1 Å². The third kappa shape index (κ3) is 2.74. The number of carbonyl (C=O) groups is 3. The number of hydrogen-bond acceptors (Lipinski definition) is 5. The standard InChI is InChI=1S/C13H20N4O3S/c14-11(18)9-6-21-10-4-3-8(13(20)17(9)10)16-12(19)7-2-1-5-15-7/h7-10,15H,1-6H2,(H2,14,18)(H,16,19)/t7-,8+,9+,10+/m0/s1. The summed E-state index contributed by atoms with van der Waals surface area (Å²) in [5.41, 5.74) is 5.37. The van der Waals surface area contributed by atoms with Crippen LogP contribution in [0, 0.1) is 0 Å². The van der Waals surface area contributed by atoms with Gasteiger partial charge in [-0.1, -0.05) is 0 Å². The van der Waals surface area contributed by atoms with E-state index in [1.807, 2.05) is 0 Å². The Kier molecular flexibility index (Phi) is 4.08. The van der Waals surface area contributed by atoms with E-state index in [0.29, 0.717) is 12.2 Å². The topological polar surface area (TPSA) is 105 Å². The Morgan fingerprint density at radius 3 is 2.81 bits per heavy atom. The van der Waals surface area contributed by atoms with Crippen LogP contribution < -0.4 is 16.4 Å². The summed E-state index contributed by atoms with van der Waals surface area (Å²) >= 11 is 1.59. The van der Waals surface area contributed by atoms with E-state index in [1.165, 1.54) is 0 Å². The Labute approximate surface area is 127 Å². The fraction of sp³-hybridized carbons (Fsp3) is 0.769. The molecule has 0 unspecified atom stereocenters. The van der Waals surface area contributed by atoms with Gasteiger partial charge in [0, 0.05) is 5.75 Å². The molecule has 3 rings (SSSR count). The highest BCUT2D eigenvalue weighted by Crippen LogP contribution is 2.36. The van der Waals surface area contributed by atoms with E-state index in [4.69, 9.17) is 5.73 Å². The predicted octanol–water partition coefficient (Wildman–Crippen LogP) is -1.23. The number of thioether (sulfide) groups is 1. The molecule has 4 atom stereocenters. The number of fused-ring (bicyclic) bond motifs is 1. The summed E-state index contributed by atoms with van der Waals surface area (Å²) in [5.74, 6) is -0.211. The number of carbonyl (C=O) groups excluding carboxylic acids is 3.